The number of rotatable bonds is 12. The van der Waals surface area contributed by atoms with Crippen molar-refractivity contribution < 1.29 is 19.1 Å². The van der Waals surface area contributed by atoms with Crippen molar-refractivity contribution in [3.05, 3.63) is 12.2 Å². The number of nitrogens with two attached hydrogens (primary N) is 1. The van der Waals surface area contributed by atoms with Crippen LogP contribution in [0.15, 0.2) is 12.2 Å². The third-order valence-electron chi connectivity index (χ3n) is 5.07. The van der Waals surface area contributed by atoms with Crippen molar-refractivity contribution in [2.75, 3.05) is 28.3 Å². The van der Waals surface area contributed by atoms with Crippen molar-refractivity contribution in [3.8, 4) is 0 Å². The van der Waals surface area contributed by atoms with Crippen molar-refractivity contribution in [1.29, 1.82) is 0 Å². The van der Waals surface area contributed by atoms with Crippen LogP contribution in [0.1, 0.15) is 40.5 Å². The highest BCUT2D eigenvalue weighted by molar-refractivity contribution is 5.91. The van der Waals surface area contributed by atoms with Gasteiger partial charge in [0, 0.05) is 14.2 Å². The third kappa shape index (κ3) is 7.24. The molecule has 0 bridgehead atoms. The second kappa shape index (κ2) is 11.8. The molecule has 0 unspecified atom stereocenters. The SMILES string of the molecule is C=C(C)[C@@H](C(=O)N[C@@H](C)C(=O)N(C)[C@@H]([C@@H](C)CC)[C@@H](CC(N)=O)OC)N(C)C. The maximum absolute atomic E-state index is 13.0. The Bertz CT molecular complexity index is 564. The molecule has 0 heterocycles. The van der Waals surface area contributed by atoms with E-state index in [-0.39, 0.29) is 30.2 Å². The minimum Gasteiger partial charge on any atom is -0.379 e. The molecular weight excluding hydrogens is 360 g/mol. The Morgan fingerprint density at radius 1 is 1.18 bits per heavy atom. The lowest BCUT2D eigenvalue weighted by atomic mass is 9.90. The summed E-state index contributed by atoms with van der Waals surface area (Å²) < 4.78 is 5.48. The highest BCUT2D eigenvalue weighted by Crippen LogP contribution is 2.22. The molecule has 8 heteroatoms. The van der Waals surface area contributed by atoms with Gasteiger partial charge in [0.15, 0.2) is 0 Å². The minimum atomic E-state index is -0.739. The van der Waals surface area contributed by atoms with Crippen LogP contribution in [0.25, 0.3) is 0 Å². The van der Waals surface area contributed by atoms with Crippen molar-refractivity contribution >= 4 is 17.7 Å². The summed E-state index contributed by atoms with van der Waals surface area (Å²) in [4.78, 5) is 40.3. The number of amides is 3. The molecule has 0 aromatic carbocycles. The summed E-state index contributed by atoms with van der Waals surface area (Å²) in [5, 5.41) is 2.77. The summed E-state index contributed by atoms with van der Waals surface area (Å²) in [6, 6.07) is -1.61. The second-order valence-corrected chi connectivity index (χ2v) is 7.71. The zero-order valence-electron chi connectivity index (χ0n) is 18.6. The molecule has 0 aromatic rings. The molecule has 0 fully saturated rings. The standard InChI is InChI=1S/C20H38N4O4/c1-10-13(4)18(15(28-9)11-16(21)25)24(8)20(27)14(5)22-19(26)17(12(2)3)23(6)7/h13-15,17-18H,2,10-11H2,1,3-9H3,(H2,21,25)(H,22,26)/t13-,14-,15+,17-,18-/m0/s1. The quantitative estimate of drug-likeness (QED) is 0.472. The molecule has 5 atom stereocenters. The van der Waals surface area contributed by atoms with Gasteiger partial charge in [-0.05, 0) is 33.9 Å². The Balaban J connectivity index is 5.45. The van der Waals surface area contributed by atoms with Gasteiger partial charge in [-0.1, -0.05) is 32.4 Å². The molecule has 0 aliphatic rings. The molecule has 0 rings (SSSR count). The first-order chi connectivity index (χ1) is 12.9. The van der Waals surface area contributed by atoms with Gasteiger partial charge in [-0.15, -0.1) is 0 Å². The van der Waals surface area contributed by atoms with Crippen molar-refractivity contribution in [1.82, 2.24) is 15.1 Å². The zero-order valence-corrected chi connectivity index (χ0v) is 18.6. The minimum absolute atomic E-state index is 0.0161. The fourth-order valence-electron chi connectivity index (χ4n) is 3.49. The highest BCUT2D eigenvalue weighted by Gasteiger charge is 2.35. The molecule has 8 nitrogen and oxygen atoms in total. The predicted octanol–water partition coefficient (Wildman–Crippen LogP) is 0.761. The van der Waals surface area contributed by atoms with Crippen molar-refractivity contribution in [3.63, 3.8) is 0 Å². The van der Waals surface area contributed by atoms with E-state index in [1.54, 1.807) is 44.8 Å². The third-order valence-corrected chi connectivity index (χ3v) is 5.07. The molecule has 0 aromatic heterocycles. The molecule has 0 saturated carbocycles. The summed E-state index contributed by atoms with van der Waals surface area (Å²) in [5.41, 5.74) is 6.04. The fourth-order valence-corrected chi connectivity index (χ4v) is 3.49. The number of hydrogen-bond donors (Lipinski definition) is 2. The first-order valence-electron chi connectivity index (χ1n) is 9.58. The van der Waals surface area contributed by atoms with E-state index in [2.05, 4.69) is 11.9 Å². The first-order valence-corrected chi connectivity index (χ1v) is 9.58. The van der Waals surface area contributed by atoms with Crippen molar-refractivity contribution in [2.24, 2.45) is 11.7 Å². The molecule has 162 valence electrons. The summed E-state index contributed by atoms with van der Waals surface area (Å²) in [6.07, 6.45) is 0.289. The number of methoxy groups -OCH3 is 1. The van der Waals surface area contributed by atoms with Gasteiger partial charge in [-0.25, -0.2) is 0 Å². The molecule has 0 spiro atoms. The van der Waals surface area contributed by atoms with E-state index in [1.165, 1.54) is 7.11 Å². The summed E-state index contributed by atoms with van der Waals surface area (Å²) in [7, 11) is 6.73. The van der Waals surface area contributed by atoms with E-state index < -0.39 is 24.1 Å². The molecule has 0 aliphatic heterocycles. The van der Waals surface area contributed by atoms with E-state index in [1.807, 2.05) is 13.8 Å². The van der Waals surface area contributed by atoms with Crippen molar-refractivity contribution in [2.45, 2.75) is 64.8 Å². The van der Waals surface area contributed by atoms with Crippen LogP contribution in [0, 0.1) is 5.92 Å². The monoisotopic (exact) mass is 398 g/mol. The number of ether oxygens (including phenoxy) is 1. The maximum atomic E-state index is 13.0. The summed E-state index contributed by atoms with van der Waals surface area (Å²) >= 11 is 0. The van der Waals surface area contributed by atoms with Gasteiger partial charge < -0.3 is 20.7 Å². The average molecular weight is 399 g/mol. The normalized spacial score (nSPS) is 16.6. The Morgan fingerprint density at radius 3 is 2.07 bits per heavy atom. The van der Waals surface area contributed by atoms with E-state index in [0.29, 0.717) is 5.57 Å². The Morgan fingerprint density at radius 2 is 1.71 bits per heavy atom. The lowest BCUT2D eigenvalue weighted by Gasteiger charge is -2.38. The number of likely N-dealkylation sites (N-methyl/N-ethyl adjacent to an activating group) is 2. The molecule has 0 radical (unpaired) electrons. The topological polar surface area (TPSA) is 105 Å². The van der Waals surface area contributed by atoms with Crippen LogP contribution in [0.2, 0.25) is 0 Å². The number of hydrogen-bond acceptors (Lipinski definition) is 5. The number of primary amides is 1. The van der Waals surface area contributed by atoms with Gasteiger partial charge in [-0.2, -0.15) is 0 Å². The number of nitrogens with zero attached hydrogens (tertiary/aromatic N) is 2. The molecule has 3 N–H and O–H groups in total. The molecule has 3 amide bonds. The van der Waals surface area contributed by atoms with Gasteiger partial charge >= 0.3 is 0 Å². The van der Waals surface area contributed by atoms with Crippen LogP contribution < -0.4 is 11.1 Å². The van der Waals surface area contributed by atoms with E-state index in [0.717, 1.165) is 6.42 Å². The maximum Gasteiger partial charge on any atom is 0.244 e. The van der Waals surface area contributed by atoms with Crippen LogP contribution in [-0.4, -0.2) is 80.0 Å². The van der Waals surface area contributed by atoms with E-state index >= 15 is 0 Å². The lowest BCUT2D eigenvalue weighted by molar-refractivity contribution is -0.142. The van der Waals surface area contributed by atoms with Crippen LogP contribution in [0.5, 0.6) is 0 Å². The fraction of sp³-hybridized carbons (Fsp3) is 0.750. The first kappa shape index (κ1) is 26.1. The molecule has 28 heavy (non-hydrogen) atoms. The summed E-state index contributed by atoms with van der Waals surface area (Å²) in [6.45, 7) is 11.3. The average Bonchev–Trinajstić information content (AvgIpc) is 2.58. The zero-order chi connectivity index (χ0) is 22.2. The molecular formula is C20H38N4O4. The van der Waals surface area contributed by atoms with Gasteiger partial charge in [0.05, 0.1) is 18.6 Å². The van der Waals surface area contributed by atoms with Gasteiger partial charge in [-0.3, -0.25) is 19.3 Å². The highest BCUT2D eigenvalue weighted by atomic mass is 16.5. The van der Waals surface area contributed by atoms with Crippen LogP contribution in [0.4, 0.5) is 0 Å². The number of nitrogens with one attached hydrogen (secondary N) is 1. The van der Waals surface area contributed by atoms with Gasteiger partial charge in [0.25, 0.3) is 0 Å². The smallest absolute Gasteiger partial charge is 0.244 e. The molecule has 0 aliphatic carbocycles. The van der Waals surface area contributed by atoms with Crippen LogP contribution in [0.3, 0.4) is 0 Å². The van der Waals surface area contributed by atoms with Gasteiger partial charge in [0.2, 0.25) is 17.7 Å². The Kier molecular flexibility index (Phi) is 11.0. The summed E-state index contributed by atoms with van der Waals surface area (Å²) in [5.74, 6) is -0.958. The van der Waals surface area contributed by atoms with Crippen LogP contribution >= 0.6 is 0 Å². The van der Waals surface area contributed by atoms with E-state index in [9.17, 15) is 14.4 Å². The molecule has 0 saturated heterocycles. The lowest BCUT2D eigenvalue weighted by Crippen LogP contribution is -2.57. The van der Waals surface area contributed by atoms with Gasteiger partial charge in [0.1, 0.15) is 12.1 Å². The van der Waals surface area contributed by atoms with E-state index in [4.69, 9.17) is 10.5 Å². The van der Waals surface area contributed by atoms with Crippen LogP contribution in [-0.2, 0) is 19.1 Å². The number of carbonyl (C=O) groups excluding carboxylic acids is 3. The second-order valence-electron chi connectivity index (χ2n) is 7.71. The predicted molar refractivity (Wildman–Crippen MR) is 111 cm³/mol. The Labute approximate surface area is 169 Å². The number of carbonyl (C=O) groups is 3. The Hall–Kier alpha value is -1.93. The largest absolute Gasteiger partial charge is 0.379 e.